The molecular formula is C24H19F4N7O6S. The van der Waals surface area contributed by atoms with Gasteiger partial charge in [0.25, 0.3) is 0 Å². The second-order valence-corrected chi connectivity index (χ2v) is 9.06. The summed E-state index contributed by atoms with van der Waals surface area (Å²) in [6, 6.07) is 7.19. The number of nitrogens with one attached hydrogen (secondary N) is 3. The minimum atomic E-state index is -5.44. The van der Waals surface area contributed by atoms with Gasteiger partial charge >= 0.3 is 23.8 Å². The number of anilines is 1. The van der Waals surface area contributed by atoms with Gasteiger partial charge in [0.2, 0.25) is 0 Å². The number of thiazole rings is 1. The number of aromatic nitrogens is 4. The van der Waals surface area contributed by atoms with Crippen molar-refractivity contribution in [3.05, 3.63) is 80.0 Å². The van der Waals surface area contributed by atoms with Crippen molar-refractivity contribution in [2.45, 2.75) is 12.2 Å². The van der Waals surface area contributed by atoms with Crippen molar-refractivity contribution in [3.63, 3.8) is 0 Å². The number of nitrogens with zero attached hydrogens (tertiary/aromatic N) is 3. The van der Waals surface area contributed by atoms with E-state index in [0.717, 1.165) is 11.6 Å². The molecular weight excluding hydrogens is 590 g/mol. The van der Waals surface area contributed by atoms with Gasteiger partial charge in [-0.15, -0.1) is 16.4 Å². The van der Waals surface area contributed by atoms with Crippen molar-refractivity contribution in [2.75, 3.05) is 19.5 Å². The maximum atomic E-state index is 15.4. The number of nitrogens with two attached hydrogens (primary N) is 1. The first-order valence-electron chi connectivity index (χ1n) is 11.4. The van der Waals surface area contributed by atoms with Gasteiger partial charge in [0, 0.05) is 22.9 Å². The second kappa shape index (κ2) is 11.7. The molecule has 2 aromatic carbocycles. The smallest absolute Gasteiger partial charge is 0.491 e. The predicted octanol–water partition coefficient (Wildman–Crippen LogP) is 2.90. The van der Waals surface area contributed by atoms with Gasteiger partial charge in [-0.3, -0.25) is 10.4 Å². The maximum absolute atomic E-state index is 15.4. The van der Waals surface area contributed by atoms with E-state index in [4.69, 9.17) is 20.6 Å². The molecule has 1 atom stereocenters. The summed E-state index contributed by atoms with van der Waals surface area (Å²) in [6.07, 6.45) is -5.44. The van der Waals surface area contributed by atoms with Gasteiger partial charge in [-0.25, -0.2) is 23.8 Å². The van der Waals surface area contributed by atoms with E-state index in [1.165, 1.54) is 44.6 Å². The number of hydrogen-bond donors (Lipinski definition) is 4. The largest absolute Gasteiger partial charge is 0.493 e. The van der Waals surface area contributed by atoms with Gasteiger partial charge in [-0.05, 0) is 30.3 Å². The highest BCUT2D eigenvalue weighted by Crippen LogP contribution is 2.35. The number of amidine groups is 1. The molecule has 0 bridgehead atoms. The van der Waals surface area contributed by atoms with E-state index >= 15 is 4.39 Å². The first-order valence-corrected chi connectivity index (χ1v) is 12.3. The van der Waals surface area contributed by atoms with Crippen molar-refractivity contribution >= 4 is 34.8 Å². The Balaban J connectivity index is 1.79. The van der Waals surface area contributed by atoms with Crippen LogP contribution in [0.3, 0.4) is 0 Å². The Hall–Kier alpha value is -5.26. The molecule has 4 aromatic rings. The van der Waals surface area contributed by atoms with E-state index in [0.29, 0.717) is 27.3 Å². The Bertz CT molecular complexity index is 1720. The number of carbonyl (C=O) groups is 2. The minimum Gasteiger partial charge on any atom is -0.493 e. The number of methoxy groups -OCH3 is 2. The Morgan fingerprint density at radius 2 is 1.79 bits per heavy atom. The Kier molecular flexibility index (Phi) is 8.27. The SMILES string of the molecule is COc1cc(F)c(C(Nc2ccc(C(=N)N)cc2)c2nn(-c3ncsc3C(=O)OC(=O)C(F)(F)F)c(=O)[nH]2)cc1OC. The lowest BCUT2D eigenvalue weighted by atomic mass is 10.0. The topological polar surface area (TPSA) is 187 Å². The van der Waals surface area contributed by atoms with Crippen LogP contribution in [0.25, 0.3) is 5.82 Å². The van der Waals surface area contributed by atoms with Crippen molar-refractivity contribution in [1.29, 1.82) is 5.41 Å². The molecule has 4 rings (SSSR count). The number of nitrogen functional groups attached to an aromatic ring is 1. The standard InChI is InChI=1S/C24H19F4N7O6S/c1-39-14-7-12(13(25)8-15(14)40-2)16(32-11-5-3-10(4-6-11)18(29)30)19-33-23(38)35(34-19)20-17(42-9-31-20)21(36)41-22(37)24(26,27)28/h3-9,16,32H,1-2H3,(H3,29,30)(H,33,34,38). The monoisotopic (exact) mass is 609 g/mol. The highest BCUT2D eigenvalue weighted by Gasteiger charge is 2.43. The molecule has 0 aliphatic heterocycles. The highest BCUT2D eigenvalue weighted by atomic mass is 32.1. The molecule has 5 N–H and O–H groups in total. The fraction of sp³-hybridized carbons (Fsp3) is 0.167. The number of benzene rings is 2. The number of halogens is 4. The van der Waals surface area contributed by atoms with Crippen LogP contribution >= 0.6 is 11.3 Å². The summed E-state index contributed by atoms with van der Waals surface area (Å²) in [7, 11) is 2.63. The van der Waals surface area contributed by atoms with Crippen molar-refractivity contribution < 1.29 is 41.4 Å². The summed E-state index contributed by atoms with van der Waals surface area (Å²) in [6.45, 7) is 0. The third kappa shape index (κ3) is 6.07. The molecule has 2 heterocycles. The Morgan fingerprint density at radius 1 is 1.14 bits per heavy atom. The minimum absolute atomic E-state index is 0.0707. The van der Waals surface area contributed by atoms with Crippen LogP contribution < -0.4 is 26.2 Å². The molecule has 0 aliphatic carbocycles. The average molecular weight is 610 g/mol. The summed E-state index contributed by atoms with van der Waals surface area (Å²) < 4.78 is 67.9. The van der Waals surface area contributed by atoms with E-state index in [1.807, 2.05) is 0 Å². The number of hydrogen-bond acceptors (Lipinski definition) is 11. The Labute approximate surface area is 236 Å². The molecule has 0 fully saturated rings. The predicted molar refractivity (Wildman–Crippen MR) is 139 cm³/mol. The molecule has 1 unspecified atom stereocenters. The summed E-state index contributed by atoms with van der Waals surface area (Å²) in [5, 5.41) is 14.7. The van der Waals surface area contributed by atoms with Crippen LogP contribution in [-0.4, -0.2) is 57.9 Å². The van der Waals surface area contributed by atoms with Crippen molar-refractivity contribution in [3.8, 4) is 17.3 Å². The van der Waals surface area contributed by atoms with Gasteiger partial charge in [-0.1, -0.05) is 0 Å². The second-order valence-electron chi connectivity index (χ2n) is 8.20. The van der Waals surface area contributed by atoms with Gasteiger partial charge in [0.15, 0.2) is 28.0 Å². The molecule has 0 amide bonds. The number of H-pyrrole nitrogens is 1. The summed E-state index contributed by atoms with van der Waals surface area (Å²) in [5.41, 5.74) is 6.20. The number of carbonyl (C=O) groups excluding carboxylic acids is 2. The Morgan fingerprint density at radius 3 is 2.38 bits per heavy atom. The quantitative estimate of drug-likeness (QED) is 0.0722. The van der Waals surface area contributed by atoms with E-state index < -0.39 is 46.4 Å². The molecule has 2 aromatic heterocycles. The van der Waals surface area contributed by atoms with Gasteiger partial charge in [0.05, 0.1) is 19.7 Å². The highest BCUT2D eigenvalue weighted by molar-refractivity contribution is 7.12. The molecule has 13 nitrogen and oxygen atoms in total. The lowest BCUT2D eigenvalue weighted by Gasteiger charge is -2.20. The van der Waals surface area contributed by atoms with Crippen LogP contribution in [-0.2, 0) is 9.53 Å². The fourth-order valence-corrected chi connectivity index (χ4v) is 4.27. The van der Waals surface area contributed by atoms with Crippen molar-refractivity contribution in [2.24, 2.45) is 5.73 Å². The van der Waals surface area contributed by atoms with E-state index in [-0.39, 0.29) is 28.7 Å². The summed E-state index contributed by atoms with van der Waals surface area (Å²) in [4.78, 5) is 41.9. The average Bonchev–Trinajstić information content (AvgIpc) is 3.58. The molecule has 0 saturated carbocycles. The molecule has 0 aliphatic rings. The molecule has 0 spiro atoms. The third-order valence-corrected chi connectivity index (χ3v) is 6.38. The zero-order chi connectivity index (χ0) is 30.8. The summed E-state index contributed by atoms with van der Waals surface area (Å²) >= 11 is 0.493. The van der Waals surface area contributed by atoms with E-state index in [9.17, 15) is 27.6 Å². The normalized spacial score (nSPS) is 12.0. The molecule has 220 valence electrons. The van der Waals surface area contributed by atoms with Gasteiger partial charge in [0.1, 0.15) is 17.7 Å². The number of rotatable bonds is 9. The van der Waals surface area contributed by atoms with Gasteiger partial charge in [-0.2, -0.15) is 17.9 Å². The first-order chi connectivity index (χ1) is 19.8. The molecule has 18 heteroatoms. The zero-order valence-corrected chi connectivity index (χ0v) is 22.2. The number of ether oxygens (including phenoxy) is 3. The number of esters is 2. The zero-order valence-electron chi connectivity index (χ0n) is 21.4. The van der Waals surface area contributed by atoms with Crippen LogP contribution in [0.2, 0.25) is 0 Å². The molecule has 0 saturated heterocycles. The van der Waals surface area contributed by atoms with Crippen LogP contribution in [0.15, 0.2) is 46.7 Å². The maximum Gasteiger partial charge on any atom is 0.491 e. The lowest BCUT2D eigenvalue weighted by Crippen LogP contribution is -2.28. The number of aromatic amines is 1. The number of alkyl halides is 3. The van der Waals surface area contributed by atoms with Gasteiger partial charge < -0.3 is 25.3 Å². The van der Waals surface area contributed by atoms with E-state index in [1.54, 1.807) is 0 Å². The molecule has 0 radical (unpaired) electrons. The third-order valence-electron chi connectivity index (χ3n) is 5.58. The fourth-order valence-electron chi connectivity index (χ4n) is 3.63. The van der Waals surface area contributed by atoms with Crippen molar-refractivity contribution in [1.82, 2.24) is 19.7 Å². The van der Waals surface area contributed by atoms with Crippen LogP contribution in [0.1, 0.15) is 32.7 Å². The summed E-state index contributed by atoms with van der Waals surface area (Å²) in [5.74, 6) is -6.02. The molecule has 42 heavy (non-hydrogen) atoms. The first kappa shape index (κ1) is 29.7. The van der Waals surface area contributed by atoms with Crippen LogP contribution in [0.5, 0.6) is 11.5 Å². The van der Waals surface area contributed by atoms with Crippen LogP contribution in [0, 0.1) is 11.2 Å². The lowest BCUT2D eigenvalue weighted by molar-refractivity contribution is -0.193. The van der Waals surface area contributed by atoms with Crippen LogP contribution in [0.4, 0.5) is 23.2 Å². The van der Waals surface area contributed by atoms with E-state index in [2.05, 4.69) is 25.1 Å².